The van der Waals surface area contributed by atoms with Crippen LogP contribution in [0.2, 0.25) is 0 Å². The molecule has 1 aromatic heterocycles. The molecule has 3 nitrogen and oxygen atoms in total. The van der Waals surface area contributed by atoms with E-state index in [-0.39, 0.29) is 0 Å². The predicted octanol–water partition coefficient (Wildman–Crippen LogP) is 2.96. The van der Waals surface area contributed by atoms with Gasteiger partial charge in [-0.05, 0) is 53.4 Å². The SMILES string of the molecule is Cc1cnc(N(CCCN)CC(C)C)c(Br)c1. The molecule has 0 saturated carbocycles. The molecule has 4 heteroatoms. The van der Waals surface area contributed by atoms with Gasteiger partial charge in [-0.15, -0.1) is 0 Å². The highest BCUT2D eigenvalue weighted by atomic mass is 79.9. The third-order valence-corrected chi connectivity index (χ3v) is 3.06. The number of halogens is 1. The summed E-state index contributed by atoms with van der Waals surface area (Å²) in [6, 6.07) is 2.11. The fourth-order valence-corrected chi connectivity index (χ4v) is 2.48. The molecule has 0 saturated heterocycles. The van der Waals surface area contributed by atoms with Crippen molar-refractivity contribution < 1.29 is 0 Å². The summed E-state index contributed by atoms with van der Waals surface area (Å²) < 4.78 is 1.06. The number of nitrogens with two attached hydrogens (primary N) is 1. The topological polar surface area (TPSA) is 42.2 Å². The summed E-state index contributed by atoms with van der Waals surface area (Å²) in [6.45, 7) is 9.18. The number of rotatable bonds is 6. The largest absolute Gasteiger partial charge is 0.355 e. The van der Waals surface area contributed by atoms with Crippen LogP contribution in [0, 0.1) is 12.8 Å². The highest BCUT2D eigenvalue weighted by molar-refractivity contribution is 9.10. The van der Waals surface area contributed by atoms with Crippen LogP contribution >= 0.6 is 15.9 Å². The maximum absolute atomic E-state index is 5.59. The van der Waals surface area contributed by atoms with E-state index in [0.29, 0.717) is 5.92 Å². The van der Waals surface area contributed by atoms with Gasteiger partial charge in [0, 0.05) is 19.3 Å². The Morgan fingerprint density at radius 1 is 1.47 bits per heavy atom. The van der Waals surface area contributed by atoms with Crippen molar-refractivity contribution in [3.8, 4) is 0 Å². The Hall–Kier alpha value is -0.610. The van der Waals surface area contributed by atoms with Crippen molar-refractivity contribution in [2.75, 3.05) is 24.5 Å². The summed E-state index contributed by atoms with van der Waals surface area (Å²) in [5.74, 6) is 1.64. The monoisotopic (exact) mass is 299 g/mol. The number of aromatic nitrogens is 1. The first-order valence-corrected chi connectivity index (χ1v) is 6.91. The van der Waals surface area contributed by atoms with Crippen LogP contribution in [-0.2, 0) is 0 Å². The standard InChI is InChI=1S/C13H22BrN3/c1-10(2)9-17(6-4-5-15)13-12(14)7-11(3)8-16-13/h7-8,10H,4-6,9,15H2,1-3H3. The van der Waals surface area contributed by atoms with E-state index in [0.717, 1.165) is 36.3 Å². The maximum atomic E-state index is 5.59. The van der Waals surface area contributed by atoms with Crippen molar-refractivity contribution in [3.63, 3.8) is 0 Å². The molecular formula is C13H22BrN3. The summed E-state index contributed by atoms with van der Waals surface area (Å²) >= 11 is 3.59. The summed E-state index contributed by atoms with van der Waals surface area (Å²) in [5.41, 5.74) is 6.76. The molecule has 0 unspecified atom stereocenters. The minimum atomic E-state index is 0.614. The summed E-state index contributed by atoms with van der Waals surface area (Å²) in [7, 11) is 0. The number of aryl methyl sites for hydroxylation is 1. The van der Waals surface area contributed by atoms with E-state index >= 15 is 0 Å². The third-order valence-electron chi connectivity index (χ3n) is 2.48. The Morgan fingerprint density at radius 3 is 2.71 bits per heavy atom. The fourth-order valence-electron chi connectivity index (χ4n) is 1.77. The molecule has 0 bridgehead atoms. The first-order chi connectivity index (χ1) is 8.04. The van der Waals surface area contributed by atoms with Crippen LogP contribution in [-0.4, -0.2) is 24.6 Å². The molecule has 0 aliphatic rings. The smallest absolute Gasteiger partial charge is 0.142 e. The molecule has 17 heavy (non-hydrogen) atoms. The Kier molecular flexibility index (Phi) is 5.92. The lowest BCUT2D eigenvalue weighted by atomic mass is 10.2. The normalized spacial score (nSPS) is 10.9. The van der Waals surface area contributed by atoms with Gasteiger partial charge in [-0.2, -0.15) is 0 Å². The van der Waals surface area contributed by atoms with Gasteiger partial charge in [-0.3, -0.25) is 0 Å². The zero-order valence-corrected chi connectivity index (χ0v) is 12.5. The van der Waals surface area contributed by atoms with Crippen molar-refractivity contribution >= 4 is 21.7 Å². The Bertz CT molecular complexity index is 353. The molecule has 0 aliphatic heterocycles. The molecule has 0 radical (unpaired) electrons. The lowest BCUT2D eigenvalue weighted by Gasteiger charge is -2.26. The first-order valence-electron chi connectivity index (χ1n) is 6.11. The second-order valence-corrected chi connectivity index (χ2v) is 5.65. The molecule has 0 aliphatic carbocycles. The average Bonchev–Trinajstić information content (AvgIpc) is 2.24. The van der Waals surface area contributed by atoms with Crippen LogP contribution in [0.5, 0.6) is 0 Å². The summed E-state index contributed by atoms with van der Waals surface area (Å²) in [5, 5.41) is 0. The van der Waals surface area contributed by atoms with E-state index < -0.39 is 0 Å². The minimum absolute atomic E-state index is 0.614. The molecule has 0 atom stereocenters. The lowest BCUT2D eigenvalue weighted by Crippen LogP contribution is -2.31. The van der Waals surface area contributed by atoms with Crippen LogP contribution in [0.25, 0.3) is 0 Å². The third kappa shape index (κ3) is 4.64. The van der Waals surface area contributed by atoms with Crippen molar-refractivity contribution in [3.05, 3.63) is 22.3 Å². The minimum Gasteiger partial charge on any atom is -0.355 e. The number of anilines is 1. The van der Waals surface area contributed by atoms with Crippen LogP contribution in [0.3, 0.4) is 0 Å². The zero-order valence-electron chi connectivity index (χ0n) is 10.9. The Labute approximate surface area is 113 Å². The summed E-state index contributed by atoms with van der Waals surface area (Å²) in [6.07, 6.45) is 2.91. The lowest BCUT2D eigenvalue weighted by molar-refractivity contribution is 0.595. The van der Waals surface area contributed by atoms with E-state index in [1.807, 2.05) is 13.1 Å². The number of pyridine rings is 1. The van der Waals surface area contributed by atoms with Crippen LogP contribution in [0.1, 0.15) is 25.8 Å². The van der Waals surface area contributed by atoms with Crippen LogP contribution in [0.4, 0.5) is 5.82 Å². The molecule has 96 valence electrons. The quantitative estimate of drug-likeness (QED) is 0.878. The van der Waals surface area contributed by atoms with Crippen molar-refractivity contribution in [1.29, 1.82) is 0 Å². The van der Waals surface area contributed by atoms with Gasteiger partial charge in [-0.1, -0.05) is 13.8 Å². The predicted molar refractivity (Wildman–Crippen MR) is 77.4 cm³/mol. The second-order valence-electron chi connectivity index (χ2n) is 4.80. The number of nitrogens with zero attached hydrogens (tertiary/aromatic N) is 2. The molecule has 0 aromatic carbocycles. The van der Waals surface area contributed by atoms with Gasteiger partial charge < -0.3 is 10.6 Å². The highest BCUT2D eigenvalue weighted by Gasteiger charge is 2.12. The van der Waals surface area contributed by atoms with E-state index in [1.165, 1.54) is 5.56 Å². The summed E-state index contributed by atoms with van der Waals surface area (Å²) in [4.78, 5) is 6.83. The molecule has 0 spiro atoms. The van der Waals surface area contributed by atoms with Gasteiger partial charge in [0.1, 0.15) is 5.82 Å². The zero-order chi connectivity index (χ0) is 12.8. The molecule has 1 heterocycles. The average molecular weight is 300 g/mol. The maximum Gasteiger partial charge on any atom is 0.142 e. The van der Waals surface area contributed by atoms with Gasteiger partial charge in [0.25, 0.3) is 0 Å². The van der Waals surface area contributed by atoms with Crippen molar-refractivity contribution in [1.82, 2.24) is 4.98 Å². The molecule has 2 N–H and O–H groups in total. The van der Waals surface area contributed by atoms with Gasteiger partial charge in [0.05, 0.1) is 4.47 Å². The van der Waals surface area contributed by atoms with Gasteiger partial charge in [0.2, 0.25) is 0 Å². The van der Waals surface area contributed by atoms with Crippen molar-refractivity contribution in [2.24, 2.45) is 11.7 Å². The molecule has 1 rings (SSSR count). The van der Waals surface area contributed by atoms with Crippen LogP contribution < -0.4 is 10.6 Å². The van der Waals surface area contributed by atoms with E-state index in [9.17, 15) is 0 Å². The van der Waals surface area contributed by atoms with Crippen molar-refractivity contribution in [2.45, 2.75) is 27.2 Å². The van der Waals surface area contributed by atoms with E-state index in [1.54, 1.807) is 0 Å². The second kappa shape index (κ2) is 6.97. The van der Waals surface area contributed by atoms with Gasteiger partial charge in [-0.25, -0.2) is 4.98 Å². The first kappa shape index (κ1) is 14.5. The number of hydrogen-bond donors (Lipinski definition) is 1. The molecule has 0 amide bonds. The highest BCUT2D eigenvalue weighted by Crippen LogP contribution is 2.25. The van der Waals surface area contributed by atoms with E-state index in [4.69, 9.17) is 5.73 Å². The van der Waals surface area contributed by atoms with Crippen LogP contribution in [0.15, 0.2) is 16.7 Å². The number of hydrogen-bond acceptors (Lipinski definition) is 3. The molecule has 0 fully saturated rings. The van der Waals surface area contributed by atoms with E-state index in [2.05, 4.69) is 45.7 Å². The molecule has 1 aromatic rings. The fraction of sp³-hybridized carbons (Fsp3) is 0.615. The Morgan fingerprint density at radius 2 is 2.18 bits per heavy atom. The Balaban J connectivity index is 2.86. The van der Waals surface area contributed by atoms with Gasteiger partial charge in [0.15, 0.2) is 0 Å². The molecular weight excluding hydrogens is 278 g/mol. The van der Waals surface area contributed by atoms with Gasteiger partial charge >= 0.3 is 0 Å².